The monoisotopic (exact) mass is 454 g/mol. The fourth-order valence-corrected chi connectivity index (χ4v) is 3.77. The normalized spacial score (nSPS) is 26.5. The molecule has 4 N–H and O–H groups in total. The second-order valence-corrected chi connectivity index (χ2v) is 6.36. The van der Waals surface area contributed by atoms with Crippen LogP contribution in [-0.4, -0.2) is 43.6 Å². The maximum atomic E-state index is 9.88. The number of nitrogen functional groups attached to an aromatic ring is 1. The summed E-state index contributed by atoms with van der Waals surface area (Å²) in [4.78, 5) is 8.24. The first kappa shape index (κ1) is 14.4. The van der Waals surface area contributed by atoms with E-state index in [-0.39, 0.29) is 6.61 Å². The minimum absolute atomic E-state index is 0.217. The van der Waals surface area contributed by atoms with Crippen molar-refractivity contribution in [2.45, 2.75) is 24.9 Å². The summed E-state index contributed by atoms with van der Waals surface area (Å²) >= 11 is 5.65. The number of aliphatic hydroxyl groups is 2. The van der Waals surface area contributed by atoms with Crippen LogP contribution < -0.4 is 5.73 Å². The molecule has 3 atom stereocenters. The molecular weight excluding hydrogens is 443 g/mol. The predicted octanol–water partition coefficient (Wildman–Crippen LogP) is 1.02. The van der Waals surface area contributed by atoms with Crippen LogP contribution in [0.3, 0.4) is 0 Å². The van der Waals surface area contributed by atoms with Gasteiger partial charge in [-0.2, -0.15) is 0 Å². The van der Waals surface area contributed by atoms with Crippen LogP contribution >= 0.6 is 38.5 Å². The van der Waals surface area contributed by atoms with Crippen LogP contribution in [0, 0.1) is 3.70 Å². The van der Waals surface area contributed by atoms with E-state index in [4.69, 9.17) is 10.5 Å². The zero-order valence-electron chi connectivity index (χ0n) is 10.2. The van der Waals surface area contributed by atoms with E-state index < -0.39 is 18.4 Å². The molecule has 1 aliphatic rings. The highest BCUT2D eigenvalue weighted by atomic mass is 127. The van der Waals surface area contributed by atoms with Crippen molar-refractivity contribution >= 4 is 55.4 Å². The second-order valence-electron chi connectivity index (χ2n) is 4.55. The predicted molar refractivity (Wildman–Crippen MR) is 84.0 cm³/mol. The molecule has 0 amide bonds. The summed E-state index contributed by atoms with van der Waals surface area (Å²) < 4.78 is 9.21. The largest absolute Gasteiger partial charge is 0.394 e. The molecular formula is C11H12BrIN4O3. The molecule has 0 bridgehead atoms. The number of rotatable bonds is 2. The Morgan fingerprint density at radius 3 is 2.95 bits per heavy atom. The van der Waals surface area contributed by atoms with Crippen molar-refractivity contribution in [2.24, 2.45) is 0 Å². The lowest BCUT2D eigenvalue weighted by molar-refractivity contribution is -0.0438. The smallest absolute Gasteiger partial charge is 0.149 e. The van der Waals surface area contributed by atoms with E-state index in [1.165, 1.54) is 6.33 Å². The first-order valence-electron chi connectivity index (χ1n) is 5.94. The van der Waals surface area contributed by atoms with Crippen molar-refractivity contribution in [1.29, 1.82) is 0 Å². The third kappa shape index (κ3) is 2.11. The molecule has 1 saturated heterocycles. The molecule has 2 aromatic rings. The van der Waals surface area contributed by atoms with E-state index >= 15 is 0 Å². The molecule has 0 spiro atoms. The highest BCUT2D eigenvalue weighted by Gasteiger charge is 2.36. The lowest BCUT2D eigenvalue weighted by atomic mass is 10.2. The van der Waals surface area contributed by atoms with Crippen LogP contribution in [0.5, 0.6) is 0 Å². The number of aliphatic hydroxyl groups excluding tert-OH is 2. The minimum atomic E-state index is -0.698. The van der Waals surface area contributed by atoms with Crippen LogP contribution in [0.4, 0.5) is 5.82 Å². The topological polar surface area (TPSA) is 106 Å². The molecule has 0 aliphatic carbocycles. The van der Waals surface area contributed by atoms with Crippen LogP contribution in [-0.2, 0) is 4.74 Å². The Morgan fingerprint density at radius 2 is 2.30 bits per heavy atom. The maximum absolute atomic E-state index is 9.88. The van der Waals surface area contributed by atoms with Gasteiger partial charge in [0, 0.05) is 6.42 Å². The zero-order valence-corrected chi connectivity index (χ0v) is 13.9. The van der Waals surface area contributed by atoms with Crippen LogP contribution in [0.2, 0.25) is 0 Å². The molecule has 9 heteroatoms. The van der Waals surface area contributed by atoms with Crippen molar-refractivity contribution in [3.05, 3.63) is 14.5 Å². The lowest BCUT2D eigenvalue weighted by Gasteiger charge is -2.15. The van der Waals surface area contributed by atoms with Gasteiger partial charge >= 0.3 is 0 Å². The summed E-state index contributed by atoms with van der Waals surface area (Å²) in [5.41, 5.74) is 6.53. The number of anilines is 1. The number of aromatic nitrogens is 3. The maximum Gasteiger partial charge on any atom is 0.149 e. The molecule has 0 radical (unpaired) electrons. The van der Waals surface area contributed by atoms with Crippen molar-refractivity contribution < 1.29 is 14.9 Å². The van der Waals surface area contributed by atoms with Gasteiger partial charge in [-0.05, 0) is 38.5 Å². The highest BCUT2D eigenvalue weighted by molar-refractivity contribution is 14.1. The lowest BCUT2D eigenvalue weighted by Crippen LogP contribution is -2.24. The zero-order chi connectivity index (χ0) is 14.4. The first-order valence-corrected chi connectivity index (χ1v) is 7.81. The van der Waals surface area contributed by atoms with Gasteiger partial charge in [0.25, 0.3) is 0 Å². The molecule has 1 aliphatic heterocycles. The third-order valence-corrected chi connectivity index (χ3v) is 5.94. The number of ether oxygens (including phenoxy) is 1. The van der Waals surface area contributed by atoms with Crippen LogP contribution in [0.1, 0.15) is 12.6 Å². The number of nitrogens with zero attached hydrogens (tertiary/aromatic N) is 3. The average Bonchev–Trinajstić information content (AvgIpc) is 2.90. The Balaban J connectivity index is 2.13. The number of hydrogen-bond donors (Lipinski definition) is 3. The first-order chi connectivity index (χ1) is 9.54. The molecule has 108 valence electrons. The number of hydrogen-bond acceptors (Lipinski definition) is 6. The standard InChI is InChI=1S/C11H12BrIN4O3/c12-8-7-10(14)15-3-16-11(7)17(9(8)13)6-1-4(19)5(2-18)20-6/h3-6,18-19H,1-2H2,(H2,14,15,16)/t4-,5+,6-/m0/s1. The Hall–Kier alpha value is -0.490. The summed E-state index contributed by atoms with van der Waals surface area (Å²) in [6, 6.07) is 0. The molecule has 0 unspecified atom stereocenters. The van der Waals surface area contributed by atoms with Gasteiger partial charge < -0.3 is 20.7 Å². The van der Waals surface area contributed by atoms with E-state index in [0.29, 0.717) is 17.9 Å². The van der Waals surface area contributed by atoms with E-state index in [9.17, 15) is 10.2 Å². The summed E-state index contributed by atoms with van der Waals surface area (Å²) in [6.07, 6.45) is 0.118. The average molecular weight is 455 g/mol. The van der Waals surface area contributed by atoms with E-state index in [1.54, 1.807) is 0 Å². The van der Waals surface area contributed by atoms with Crippen molar-refractivity contribution in [3.63, 3.8) is 0 Å². The van der Waals surface area contributed by atoms with Gasteiger partial charge in [0.1, 0.15) is 30.1 Å². The molecule has 3 rings (SSSR count). The third-order valence-electron chi connectivity index (χ3n) is 3.37. The highest BCUT2D eigenvalue weighted by Crippen LogP contribution is 2.39. The Morgan fingerprint density at radius 1 is 1.55 bits per heavy atom. The quantitative estimate of drug-likeness (QED) is 0.585. The number of nitrogens with two attached hydrogens (primary N) is 1. The van der Waals surface area contributed by atoms with Crippen molar-refractivity contribution in [3.8, 4) is 0 Å². The summed E-state index contributed by atoms with van der Waals surface area (Å²) in [6.45, 7) is -0.217. The van der Waals surface area contributed by atoms with Crippen molar-refractivity contribution in [2.75, 3.05) is 12.3 Å². The Labute approximate surface area is 136 Å². The van der Waals surface area contributed by atoms with E-state index in [2.05, 4.69) is 48.5 Å². The molecule has 0 aromatic carbocycles. The summed E-state index contributed by atoms with van der Waals surface area (Å²) in [7, 11) is 0. The Bertz CT molecular complexity index is 665. The fraction of sp³-hybridized carbons (Fsp3) is 0.455. The van der Waals surface area contributed by atoms with Gasteiger partial charge in [-0.15, -0.1) is 0 Å². The molecule has 1 fully saturated rings. The minimum Gasteiger partial charge on any atom is -0.394 e. The molecule has 2 aromatic heterocycles. The van der Waals surface area contributed by atoms with Gasteiger partial charge in [0.2, 0.25) is 0 Å². The summed E-state index contributed by atoms with van der Waals surface area (Å²) in [5, 5.41) is 19.8. The van der Waals surface area contributed by atoms with E-state index in [0.717, 1.165) is 13.6 Å². The molecule has 20 heavy (non-hydrogen) atoms. The summed E-state index contributed by atoms with van der Waals surface area (Å²) in [5.74, 6) is 0.385. The van der Waals surface area contributed by atoms with Crippen molar-refractivity contribution in [1.82, 2.24) is 14.5 Å². The fourth-order valence-electron chi connectivity index (χ4n) is 2.38. The van der Waals surface area contributed by atoms with Gasteiger partial charge in [0.15, 0.2) is 0 Å². The van der Waals surface area contributed by atoms with Gasteiger partial charge in [0.05, 0.1) is 26.3 Å². The molecule has 3 heterocycles. The molecule has 7 nitrogen and oxygen atoms in total. The van der Waals surface area contributed by atoms with Gasteiger partial charge in [-0.3, -0.25) is 4.57 Å². The second kappa shape index (κ2) is 5.37. The van der Waals surface area contributed by atoms with Gasteiger partial charge in [-0.25, -0.2) is 9.97 Å². The molecule has 0 saturated carbocycles. The number of fused-ring (bicyclic) bond motifs is 1. The SMILES string of the molecule is Nc1ncnc2c1c(Br)c(I)n2[C@@H]1C[C@H](O)[C@@H](CO)O1. The Kier molecular flexibility index (Phi) is 3.88. The van der Waals surface area contributed by atoms with Crippen LogP contribution in [0.25, 0.3) is 11.0 Å². The van der Waals surface area contributed by atoms with Crippen LogP contribution in [0.15, 0.2) is 10.8 Å². The number of halogens is 2. The van der Waals surface area contributed by atoms with Gasteiger partial charge in [-0.1, -0.05) is 0 Å². The van der Waals surface area contributed by atoms with E-state index in [1.807, 2.05) is 4.57 Å².